The summed E-state index contributed by atoms with van der Waals surface area (Å²) in [7, 11) is 1.55. The zero-order valence-electron chi connectivity index (χ0n) is 17.7. The van der Waals surface area contributed by atoms with E-state index in [1.54, 1.807) is 24.6 Å². The smallest absolute Gasteiger partial charge is 0.332 e. The Morgan fingerprint density at radius 2 is 1.97 bits per heavy atom. The highest BCUT2D eigenvalue weighted by atomic mass is 35.5. The molecule has 0 bridgehead atoms. The third-order valence-electron chi connectivity index (χ3n) is 5.28. The summed E-state index contributed by atoms with van der Waals surface area (Å²) in [6.07, 6.45) is 1.73. The fourth-order valence-corrected chi connectivity index (χ4v) is 3.93. The van der Waals surface area contributed by atoms with Crippen molar-refractivity contribution in [2.24, 2.45) is 7.05 Å². The fraction of sp³-hybridized carbons (Fsp3) is 0.333. The maximum absolute atomic E-state index is 13.2. The second kappa shape index (κ2) is 7.73. The second-order valence-corrected chi connectivity index (χ2v) is 7.78. The van der Waals surface area contributed by atoms with Crippen molar-refractivity contribution in [3.05, 3.63) is 61.5 Å². The minimum absolute atomic E-state index is 0.0688. The van der Waals surface area contributed by atoms with Gasteiger partial charge in [0.15, 0.2) is 11.2 Å². The number of hydrogen-bond acceptors (Lipinski definition) is 5. The predicted octanol–water partition coefficient (Wildman–Crippen LogP) is 2.36. The van der Waals surface area contributed by atoms with Crippen LogP contribution in [0.5, 0.6) is 0 Å². The van der Waals surface area contributed by atoms with E-state index in [0.29, 0.717) is 10.8 Å². The highest BCUT2D eigenvalue weighted by Gasteiger charge is 2.21. The quantitative estimate of drug-likeness (QED) is 0.441. The summed E-state index contributed by atoms with van der Waals surface area (Å²) in [6, 6.07) is 5.55. The first-order valence-corrected chi connectivity index (χ1v) is 10.2. The number of aromatic nitrogens is 5. The summed E-state index contributed by atoms with van der Waals surface area (Å²) in [5, 5.41) is 0.580. The van der Waals surface area contributed by atoms with E-state index in [1.807, 2.05) is 36.6 Å². The SMILES string of the molecule is CCOC(=O)CCn1c(=O)c2c(nc3n(-c4cc(Cl)ccc4C)c(C)cn23)n(C)c1=O. The zero-order valence-corrected chi connectivity index (χ0v) is 18.4. The molecule has 0 aliphatic rings. The molecule has 10 heteroatoms. The van der Waals surface area contributed by atoms with Gasteiger partial charge in [-0.3, -0.25) is 27.7 Å². The molecule has 31 heavy (non-hydrogen) atoms. The summed E-state index contributed by atoms with van der Waals surface area (Å²) < 4.78 is 10.8. The number of imidazole rings is 2. The van der Waals surface area contributed by atoms with Crippen LogP contribution in [-0.2, 0) is 23.1 Å². The van der Waals surface area contributed by atoms with Gasteiger partial charge in [-0.15, -0.1) is 0 Å². The fourth-order valence-electron chi connectivity index (χ4n) is 3.77. The summed E-state index contributed by atoms with van der Waals surface area (Å²) >= 11 is 6.21. The van der Waals surface area contributed by atoms with Crippen LogP contribution in [0.15, 0.2) is 34.0 Å². The number of esters is 1. The van der Waals surface area contributed by atoms with Gasteiger partial charge in [-0.25, -0.2) is 4.79 Å². The van der Waals surface area contributed by atoms with Crippen LogP contribution >= 0.6 is 11.6 Å². The molecule has 1 aromatic carbocycles. The molecule has 0 N–H and O–H groups in total. The monoisotopic (exact) mass is 443 g/mol. The lowest BCUT2D eigenvalue weighted by molar-refractivity contribution is -0.143. The van der Waals surface area contributed by atoms with Gasteiger partial charge in [0.25, 0.3) is 5.56 Å². The molecule has 0 amide bonds. The van der Waals surface area contributed by atoms with E-state index in [1.165, 1.54) is 4.57 Å². The Bertz CT molecular complexity index is 1460. The number of fused-ring (bicyclic) bond motifs is 3. The van der Waals surface area contributed by atoms with Crippen LogP contribution in [-0.4, -0.2) is 35.7 Å². The number of rotatable bonds is 5. The third-order valence-corrected chi connectivity index (χ3v) is 5.52. The first kappa shape index (κ1) is 20.9. The largest absolute Gasteiger partial charge is 0.466 e. The Hall–Kier alpha value is -3.33. The average molecular weight is 444 g/mol. The van der Waals surface area contributed by atoms with Gasteiger partial charge in [0.2, 0.25) is 5.78 Å². The Balaban J connectivity index is 1.97. The van der Waals surface area contributed by atoms with Crippen LogP contribution in [0.1, 0.15) is 24.6 Å². The lowest BCUT2D eigenvalue weighted by Crippen LogP contribution is -2.39. The molecule has 0 spiro atoms. The molecule has 0 aliphatic carbocycles. The van der Waals surface area contributed by atoms with E-state index in [9.17, 15) is 14.4 Å². The third kappa shape index (κ3) is 3.34. The summed E-state index contributed by atoms with van der Waals surface area (Å²) in [6.45, 7) is 5.74. The van der Waals surface area contributed by atoms with Gasteiger partial charge < -0.3 is 4.74 Å². The van der Waals surface area contributed by atoms with Crippen LogP contribution in [0.25, 0.3) is 22.6 Å². The van der Waals surface area contributed by atoms with Gasteiger partial charge in [-0.1, -0.05) is 17.7 Å². The second-order valence-electron chi connectivity index (χ2n) is 7.34. The average Bonchev–Trinajstić information content (AvgIpc) is 3.23. The number of benzene rings is 1. The highest BCUT2D eigenvalue weighted by molar-refractivity contribution is 6.30. The lowest BCUT2D eigenvalue weighted by Gasteiger charge is -2.10. The minimum atomic E-state index is -0.537. The van der Waals surface area contributed by atoms with E-state index >= 15 is 0 Å². The number of halogens is 1. The van der Waals surface area contributed by atoms with Crippen LogP contribution in [0, 0.1) is 13.8 Å². The van der Waals surface area contributed by atoms with Crippen molar-refractivity contribution in [3.8, 4) is 5.69 Å². The van der Waals surface area contributed by atoms with E-state index < -0.39 is 17.2 Å². The van der Waals surface area contributed by atoms with Gasteiger partial charge in [0.1, 0.15) is 0 Å². The molecule has 0 aliphatic heterocycles. The molecule has 3 heterocycles. The first-order valence-electron chi connectivity index (χ1n) is 9.86. The summed E-state index contributed by atoms with van der Waals surface area (Å²) in [5.74, 6) is 0.0292. The first-order chi connectivity index (χ1) is 14.7. The molecular weight excluding hydrogens is 422 g/mol. The van der Waals surface area contributed by atoms with Gasteiger partial charge in [-0.2, -0.15) is 4.98 Å². The van der Waals surface area contributed by atoms with Crippen LogP contribution in [0.2, 0.25) is 5.02 Å². The van der Waals surface area contributed by atoms with Gasteiger partial charge in [0, 0.05) is 30.5 Å². The number of carbonyl (C=O) groups is 1. The molecule has 162 valence electrons. The van der Waals surface area contributed by atoms with Gasteiger partial charge in [0.05, 0.1) is 18.7 Å². The number of hydrogen-bond donors (Lipinski definition) is 0. The minimum Gasteiger partial charge on any atom is -0.466 e. The predicted molar refractivity (Wildman–Crippen MR) is 117 cm³/mol. The van der Waals surface area contributed by atoms with E-state index in [2.05, 4.69) is 4.98 Å². The van der Waals surface area contributed by atoms with Crippen molar-refractivity contribution in [2.45, 2.75) is 33.7 Å². The molecule has 0 saturated carbocycles. The lowest BCUT2D eigenvalue weighted by atomic mass is 10.2. The number of carbonyl (C=O) groups excluding carboxylic acids is 1. The van der Waals surface area contributed by atoms with Crippen molar-refractivity contribution < 1.29 is 9.53 Å². The number of ether oxygens (including phenoxy) is 1. The molecule has 0 fully saturated rings. The molecule has 0 saturated heterocycles. The molecule has 0 unspecified atom stereocenters. The van der Waals surface area contributed by atoms with E-state index in [-0.39, 0.29) is 30.7 Å². The normalized spacial score (nSPS) is 11.5. The highest BCUT2D eigenvalue weighted by Crippen LogP contribution is 2.25. The molecular formula is C21H22ClN5O4. The Kier molecular flexibility index (Phi) is 5.22. The number of nitrogens with zero attached hydrogens (tertiary/aromatic N) is 5. The summed E-state index contributed by atoms with van der Waals surface area (Å²) in [5.41, 5.74) is 2.16. The van der Waals surface area contributed by atoms with Crippen LogP contribution < -0.4 is 11.2 Å². The van der Waals surface area contributed by atoms with Crippen LogP contribution in [0.4, 0.5) is 0 Å². The Morgan fingerprint density at radius 1 is 1.23 bits per heavy atom. The van der Waals surface area contributed by atoms with Crippen molar-refractivity contribution in [2.75, 3.05) is 6.61 Å². The van der Waals surface area contributed by atoms with E-state index in [4.69, 9.17) is 16.3 Å². The van der Waals surface area contributed by atoms with Gasteiger partial charge in [-0.05, 0) is 38.5 Å². The van der Waals surface area contributed by atoms with Crippen molar-refractivity contribution in [1.82, 2.24) is 23.1 Å². The molecule has 9 nitrogen and oxygen atoms in total. The molecule has 4 aromatic rings. The zero-order chi connectivity index (χ0) is 22.4. The Morgan fingerprint density at radius 3 is 2.68 bits per heavy atom. The molecule has 4 rings (SSSR count). The molecule has 0 atom stereocenters. The Labute approximate surface area is 182 Å². The molecule has 0 radical (unpaired) electrons. The van der Waals surface area contributed by atoms with E-state index in [0.717, 1.165) is 21.5 Å². The van der Waals surface area contributed by atoms with Crippen molar-refractivity contribution in [1.29, 1.82) is 0 Å². The molecule has 3 aromatic heterocycles. The van der Waals surface area contributed by atoms with Crippen molar-refractivity contribution >= 4 is 34.5 Å². The van der Waals surface area contributed by atoms with Gasteiger partial charge >= 0.3 is 11.7 Å². The summed E-state index contributed by atoms with van der Waals surface area (Å²) in [4.78, 5) is 42.4. The number of aryl methyl sites for hydroxylation is 3. The van der Waals surface area contributed by atoms with Crippen molar-refractivity contribution in [3.63, 3.8) is 0 Å². The standard InChI is InChI=1S/C21H22ClN5O4/c1-5-31-16(28)8-9-25-19(29)17-18(24(4)21(25)30)23-20-26(17)11-13(3)27(20)15-10-14(22)7-6-12(15)2/h6-7,10-11H,5,8-9H2,1-4H3. The topological polar surface area (TPSA) is 92.5 Å². The van der Waals surface area contributed by atoms with Crippen LogP contribution in [0.3, 0.4) is 0 Å². The maximum atomic E-state index is 13.2. The maximum Gasteiger partial charge on any atom is 0.332 e.